The van der Waals surface area contributed by atoms with Crippen LogP contribution in [-0.4, -0.2) is 0 Å². The topological polar surface area (TPSA) is 23.8 Å². The van der Waals surface area contributed by atoms with Gasteiger partial charge in [0.1, 0.15) is 5.82 Å². The van der Waals surface area contributed by atoms with E-state index in [1.165, 1.54) is 12.1 Å². The van der Waals surface area contributed by atoms with Gasteiger partial charge in [-0.2, -0.15) is 5.26 Å². The molecular formula is C14H12FN. The van der Waals surface area contributed by atoms with Crippen LogP contribution in [0, 0.1) is 17.1 Å². The van der Waals surface area contributed by atoms with Crippen LogP contribution in [0.4, 0.5) is 4.39 Å². The van der Waals surface area contributed by atoms with Crippen LogP contribution >= 0.6 is 0 Å². The Morgan fingerprint density at radius 1 is 1.19 bits per heavy atom. The lowest BCUT2D eigenvalue weighted by atomic mass is 9.83. The average molecular weight is 213 g/mol. The van der Waals surface area contributed by atoms with E-state index in [0.29, 0.717) is 0 Å². The van der Waals surface area contributed by atoms with Gasteiger partial charge in [0.05, 0.1) is 11.5 Å². The van der Waals surface area contributed by atoms with Crippen LogP contribution in [-0.2, 0) is 5.41 Å². The van der Waals surface area contributed by atoms with Crippen molar-refractivity contribution in [3.8, 4) is 6.07 Å². The van der Waals surface area contributed by atoms with Crippen molar-refractivity contribution in [3.63, 3.8) is 0 Å². The minimum Gasteiger partial charge on any atom is -0.207 e. The van der Waals surface area contributed by atoms with Crippen molar-refractivity contribution in [1.82, 2.24) is 0 Å². The zero-order valence-electron chi connectivity index (χ0n) is 9.29. The molecule has 0 fully saturated rings. The van der Waals surface area contributed by atoms with Crippen LogP contribution < -0.4 is 0 Å². The monoisotopic (exact) mass is 213 g/mol. The van der Waals surface area contributed by atoms with Gasteiger partial charge in [0.25, 0.3) is 0 Å². The van der Waals surface area contributed by atoms with E-state index in [1.54, 1.807) is 6.07 Å². The maximum atomic E-state index is 13.1. The zero-order chi connectivity index (χ0) is 11.8. The van der Waals surface area contributed by atoms with Crippen LogP contribution in [0.15, 0.2) is 36.4 Å². The van der Waals surface area contributed by atoms with Gasteiger partial charge in [-0.1, -0.05) is 24.3 Å². The van der Waals surface area contributed by atoms with Crippen molar-refractivity contribution >= 4 is 10.8 Å². The minimum atomic E-state index is -0.558. The van der Waals surface area contributed by atoms with E-state index in [1.807, 2.05) is 32.0 Å². The van der Waals surface area contributed by atoms with Gasteiger partial charge in [0.2, 0.25) is 0 Å². The first-order valence-electron chi connectivity index (χ1n) is 5.14. The van der Waals surface area contributed by atoms with Gasteiger partial charge in [-0.3, -0.25) is 0 Å². The van der Waals surface area contributed by atoms with Crippen LogP contribution in [0.2, 0.25) is 0 Å². The third-order valence-corrected chi connectivity index (χ3v) is 2.80. The smallest absolute Gasteiger partial charge is 0.123 e. The van der Waals surface area contributed by atoms with Crippen molar-refractivity contribution in [2.45, 2.75) is 19.3 Å². The fourth-order valence-electron chi connectivity index (χ4n) is 1.86. The molecule has 0 saturated heterocycles. The van der Waals surface area contributed by atoms with Crippen LogP contribution in [0.25, 0.3) is 10.8 Å². The highest BCUT2D eigenvalue weighted by molar-refractivity contribution is 5.87. The molecule has 0 aliphatic heterocycles. The van der Waals surface area contributed by atoms with Gasteiger partial charge in [-0.05, 0) is 42.3 Å². The molecule has 2 heteroatoms. The van der Waals surface area contributed by atoms with Gasteiger partial charge in [0.15, 0.2) is 0 Å². The Balaban J connectivity index is 2.78. The van der Waals surface area contributed by atoms with Crippen LogP contribution in [0.1, 0.15) is 19.4 Å². The lowest BCUT2D eigenvalue weighted by molar-refractivity contribution is 0.629. The van der Waals surface area contributed by atoms with E-state index in [4.69, 9.17) is 5.26 Å². The Labute approximate surface area is 94.1 Å². The van der Waals surface area contributed by atoms with Crippen molar-refractivity contribution < 1.29 is 4.39 Å². The highest BCUT2D eigenvalue weighted by atomic mass is 19.1. The molecule has 0 aromatic heterocycles. The molecule has 0 radical (unpaired) electrons. The summed E-state index contributed by atoms with van der Waals surface area (Å²) >= 11 is 0. The van der Waals surface area contributed by atoms with Gasteiger partial charge in [0, 0.05) is 0 Å². The van der Waals surface area contributed by atoms with Crippen LogP contribution in [0.3, 0.4) is 0 Å². The van der Waals surface area contributed by atoms with E-state index in [-0.39, 0.29) is 5.82 Å². The summed E-state index contributed by atoms with van der Waals surface area (Å²) < 4.78 is 13.1. The number of benzene rings is 2. The summed E-state index contributed by atoms with van der Waals surface area (Å²) in [5.41, 5.74) is 0.379. The SMILES string of the molecule is CC(C)(C#N)c1cccc2cc(F)ccc12. The Morgan fingerprint density at radius 3 is 2.62 bits per heavy atom. The summed E-state index contributed by atoms with van der Waals surface area (Å²) in [5, 5.41) is 10.9. The molecule has 2 rings (SSSR count). The number of fused-ring (bicyclic) bond motifs is 1. The first kappa shape index (κ1) is 10.6. The first-order valence-corrected chi connectivity index (χ1v) is 5.14. The molecule has 0 heterocycles. The summed E-state index contributed by atoms with van der Waals surface area (Å²) in [6.07, 6.45) is 0. The molecule has 0 bridgehead atoms. The molecule has 80 valence electrons. The standard InChI is InChI=1S/C14H12FN/c1-14(2,9-16)13-5-3-4-10-8-11(15)6-7-12(10)13/h3-8H,1-2H3. The molecular weight excluding hydrogens is 201 g/mol. The maximum absolute atomic E-state index is 13.1. The second-order valence-electron chi connectivity index (χ2n) is 4.41. The summed E-state index contributed by atoms with van der Waals surface area (Å²) in [4.78, 5) is 0. The van der Waals surface area contributed by atoms with Crippen molar-refractivity contribution in [3.05, 3.63) is 47.8 Å². The van der Waals surface area contributed by atoms with Crippen molar-refractivity contribution in [2.75, 3.05) is 0 Å². The largest absolute Gasteiger partial charge is 0.207 e. The molecule has 2 aromatic rings. The minimum absolute atomic E-state index is 0.251. The lowest BCUT2D eigenvalue weighted by Crippen LogP contribution is -2.14. The third kappa shape index (κ3) is 1.65. The highest BCUT2D eigenvalue weighted by Crippen LogP contribution is 2.30. The molecule has 0 amide bonds. The van der Waals surface area contributed by atoms with Gasteiger partial charge >= 0.3 is 0 Å². The summed E-state index contributed by atoms with van der Waals surface area (Å²) in [7, 11) is 0. The number of hydrogen-bond acceptors (Lipinski definition) is 1. The predicted octanol–water partition coefficient (Wildman–Crippen LogP) is 3.78. The number of rotatable bonds is 1. The molecule has 0 saturated carbocycles. The second kappa shape index (κ2) is 3.61. The summed E-state index contributed by atoms with van der Waals surface area (Å²) in [5.74, 6) is -0.251. The number of nitriles is 1. The summed E-state index contributed by atoms with van der Waals surface area (Å²) in [6, 6.07) is 12.6. The van der Waals surface area contributed by atoms with Gasteiger partial charge < -0.3 is 0 Å². The molecule has 16 heavy (non-hydrogen) atoms. The van der Waals surface area contributed by atoms with E-state index in [9.17, 15) is 4.39 Å². The number of halogens is 1. The normalized spacial score (nSPS) is 11.4. The molecule has 0 spiro atoms. The Hall–Kier alpha value is -1.88. The maximum Gasteiger partial charge on any atom is 0.123 e. The molecule has 2 aromatic carbocycles. The second-order valence-corrected chi connectivity index (χ2v) is 4.41. The molecule has 0 unspecified atom stereocenters. The molecule has 0 atom stereocenters. The van der Waals surface area contributed by atoms with Crippen LogP contribution in [0.5, 0.6) is 0 Å². The quantitative estimate of drug-likeness (QED) is 0.707. The Morgan fingerprint density at radius 2 is 1.94 bits per heavy atom. The predicted molar refractivity (Wildman–Crippen MR) is 62.5 cm³/mol. The summed E-state index contributed by atoms with van der Waals surface area (Å²) in [6.45, 7) is 3.73. The fraction of sp³-hybridized carbons (Fsp3) is 0.214. The fourth-order valence-corrected chi connectivity index (χ4v) is 1.86. The molecule has 0 aliphatic carbocycles. The van der Waals surface area contributed by atoms with E-state index in [2.05, 4.69) is 6.07 Å². The first-order chi connectivity index (χ1) is 7.54. The Bertz CT molecular complexity index is 579. The zero-order valence-corrected chi connectivity index (χ0v) is 9.29. The van der Waals surface area contributed by atoms with E-state index < -0.39 is 5.41 Å². The molecule has 0 aliphatic rings. The Kier molecular flexibility index (Phi) is 2.40. The highest BCUT2D eigenvalue weighted by Gasteiger charge is 2.21. The molecule has 0 N–H and O–H groups in total. The van der Waals surface area contributed by atoms with Gasteiger partial charge in [-0.25, -0.2) is 4.39 Å². The van der Waals surface area contributed by atoms with E-state index >= 15 is 0 Å². The number of nitrogens with zero attached hydrogens (tertiary/aromatic N) is 1. The molecule has 1 nitrogen and oxygen atoms in total. The lowest BCUT2D eigenvalue weighted by Gasteiger charge is -2.18. The third-order valence-electron chi connectivity index (χ3n) is 2.80. The average Bonchev–Trinajstić information content (AvgIpc) is 2.27. The van der Waals surface area contributed by atoms with Crippen molar-refractivity contribution in [1.29, 1.82) is 5.26 Å². The number of hydrogen-bond donors (Lipinski definition) is 0. The van der Waals surface area contributed by atoms with E-state index in [0.717, 1.165) is 16.3 Å². The van der Waals surface area contributed by atoms with Gasteiger partial charge in [-0.15, -0.1) is 0 Å². The van der Waals surface area contributed by atoms with Crippen molar-refractivity contribution in [2.24, 2.45) is 0 Å².